The topological polar surface area (TPSA) is 58.4 Å². The average Bonchev–Trinajstić information content (AvgIpc) is 3.13. The minimum atomic E-state index is -0.105. The number of nitrogens with zero attached hydrogens (tertiary/aromatic N) is 2. The number of hydrogen-bond acceptors (Lipinski definition) is 4. The predicted molar refractivity (Wildman–Crippen MR) is 90.1 cm³/mol. The van der Waals surface area contributed by atoms with Gasteiger partial charge < -0.3 is 14.7 Å². The van der Waals surface area contributed by atoms with Gasteiger partial charge in [0.25, 0.3) is 5.91 Å². The van der Waals surface area contributed by atoms with Gasteiger partial charge in [-0.3, -0.25) is 4.79 Å². The molecule has 0 bridgehead atoms. The summed E-state index contributed by atoms with van der Waals surface area (Å²) in [6.45, 7) is 6.12. The van der Waals surface area contributed by atoms with Crippen LogP contribution in [0.15, 0.2) is 28.8 Å². The molecule has 2 heterocycles. The second-order valence-corrected chi connectivity index (χ2v) is 6.42. The molecule has 2 aromatic rings. The van der Waals surface area contributed by atoms with Crippen LogP contribution in [0.1, 0.15) is 28.2 Å². The minimum absolute atomic E-state index is 0.105. The zero-order valence-electron chi connectivity index (χ0n) is 13.3. The Bertz CT molecular complexity index is 677. The maximum Gasteiger partial charge on any atom is 0.256 e. The van der Waals surface area contributed by atoms with Gasteiger partial charge in [0, 0.05) is 30.3 Å². The van der Waals surface area contributed by atoms with E-state index in [9.17, 15) is 4.79 Å². The molecule has 1 aliphatic rings. The van der Waals surface area contributed by atoms with Crippen molar-refractivity contribution in [2.45, 2.75) is 20.3 Å². The molecular weight excluding hydrogens is 314 g/mol. The molecule has 3 rings (SSSR count). The number of halogens is 1. The molecule has 1 aromatic carbocycles. The maximum atomic E-state index is 12.3. The predicted octanol–water partition coefficient (Wildman–Crippen LogP) is 3.20. The highest BCUT2D eigenvalue weighted by Crippen LogP contribution is 2.25. The van der Waals surface area contributed by atoms with Crippen molar-refractivity contribution in [3.05, 3.63) is 46.3 Å². The number of aryl methyl sites for hydroxylation is 2. The highest BCUT2D eigenvalue weighted by molar-refractivity contribution is 6.30. The molecule has 1 fully saturated rings. The van der Waals surface area contributed by atoms with E-state index in [2.05, 4.69) is 15.4 Å². The number of anilines is 1. The van der Waals surface area contributed by atoms with Gasteiger partial charge in [-0.15, -0.1) is 0 Å². The van der Waals surface area contributed by atoms with Gasteiger partial charge in [-0.25, -0.2) is 0 Å². The standard InChI is InChI=1S/C17H20ClN3O2/c1-11-16(12(2)23-20-11)17(22)19-9-13-7-8-21(10-13)15-5-3-14(18)4-6-15/h3-6,13H,7-10H2,1-2H3,(H,19,22). The van der Waals surface area contributed by atoms with Gasteiger partial charge in [0.1, 0.15) is 11.3 Å². The lowest BCUT2D eigenvalue weighted by atomic mass is 10.1. The first kappa shape index (κ1) is 15.9. The van der Waals surface area contributed by atoms with Crippen LogP contribution in [-0.2, 0) is 0 Å². The second-order valence-electron chi connectivity index (χ2n) is 5.99. The van der Waals surface area contributed by atoms with Crippen molar-refractivity contribution in [3.63, 3.8) is 0 Å². The SMILES string of the molecule is Cc1noc(C)c1C(=O)NCC1CCN(c2ccc(Cl)cc2)C1. The lowest BCUT2D eigenvalue weighted by Crippen LogP contribution is -2.31. The van der Waals surface area contributed by atoms with Crippen molar-refractivity contribution in [3.8, 4) is 0 Å². The summed E-state index contributed by atoms with van der Waals surface area (Å²) in [7, 11) is 0. The quantitative estimate of drug-likeness (QED) is 0.933. The first-order valence-corrected chi connectivity index (χ1v) is 8.14. The van der Waals surface area contributed by atoms with Crippen LogP contribution in [0.3, 0.4) is 0 Å². The van der Waals surface area contributed by atoms with Crippen LogP contribution in [0.5, 0.6) is 0 Å². The van der Waals surface area contributed by atoms with Gasteiger partial charge in [-0.1, -0.05) is 16.8 Å². The van der Waals surface area contributed by atoms with Crippen molar-refractivity contribution in [2.24, 2.45) is 5.92 Å². The third kappa shape index (κ3) is 3.50. The molecule has 0 aliphatic carbocycles. The minimum Gasteiger partial charge on any atom is -0.371 e. The van der Waals surface area contributed by atoms with Crippen molar-refractivity contribution >= 4 is 23.2 Å². The lowest BCUT2D eigenvalue weighted by molar-refractivity contribution is 0.0946. The molecule has 1 N–H and O–H groups in total. The van der Waals surface area contributed by atoms with Gasteiger partial charge in [-0.05, 0) is 50.5 Å². The molecular formula is C17H20ClN3O2. The fourth-order valence-electron chi connectivity index (χ4n) is 3.02. The van der Waals surface area contributed by atoms with Crippen molar-refractivity contribution in [1.82, 2.24) is 10.5 Å². The van der Waals surface area contributed by atoms with Gasteiger partial charge in [0.15, 0.2) is 0 Å². The normalized spacial score (nSPS) is 17.5. The molecule has 1 atom stereocenters. The summed E-state index contributed by atoms with van der Waals surface area (Å²) in [4.78, 5) is 14.6. The van der Waals surface area contributed by atoms with Crippen molar-refractivity contribution in [2.75, 3.05) is 24.5 Å². The average molecular weight is 334 g/mol. The number of carbonyl (C=O) groups is 1. The second kappa shape index (κ2) is 6.62. The molecule has 5 nitrogen and oxygen atoms in total. The monoisotopic (exact) mass is 333 g/mol. The first-order valence-electron chi connectivity index (χ1n) is 7.76. The Labute approximate surface area is 140 Å². The largest absolute Gasteiger partial charge is 0.371 e. The molecule has 1 saturated heterocycles. The van der Waals surface area contributed by atoms with Crippen LogP contribution >= 0.6 is 11.6 Å². The van der Waals surface area contributed by atoms with Gasteiger partial charge in [-0.2, -0.15) is 0 Å². The molecule has 23 heavy (non-hydrogen) atoms. The number of rotatable bonds is 4. The summed E-state index contributed by atoms with van der Waals surface area (Å²) in [6.07, 6.45) is 1.06. The van der Waals surface area contributed by atoms with Crippen LogP contribution in [-0.4, -0.2) is 30.7 Å². The third-order valence-electron chi connectivity index (χ3n) is 4.29. The summed E-state index contributed by atoms with van der Waals surface area (Å²) in [5.74, 6) is 0.899. The highest BCUT2D eigenvalue weighted by atomic mass is 35.5. The van der Waals surface area contributed by atoms with Crippen LogP contribution in [0.4, 0.5) is 5.69 Å². The molecule has 1 aromatic heterocycles. The van der Waals surface area contributed by atoms with E-state index in [0.29, 0.717) is 29.5 Å². The molecule has 1 unspecified atom stereocenters. The van der Waals surface area contributed by atoms with E-state index in [1.54, 1.807) is 13.8 Å². The van der Waals surface area contributed by atoms with Crippen molar-refractivity contribution < 1.29 is 9.32 Å². The van der Waals surface area contributed by atoms with Gasteiger partial charge >= 0.3 is 0 Å². The van der Waals surface area contributed by atoms with Crippen LogP contribution in [0, 0.1) is 19.8 Å². The number of benzene rings is 1. The van der Waals surface area contributed by atoms with E-state index < -0.39 is 0 Å². The first-order chi connectivity index (χ1) is 11.0. The Morgan fingerprint density at radius 2 is 2.13 bits per heavy atom. The Morgan fingerprint density at radius 1 is 1.39 bits per heavy atom. The molecule has 1 aliphatic heterocycles. The summed E-state index contributed by atoms with van der Waals surface area (Å²) >= 11 is 5.93. The molecule has 6 heteroatoms. The zero-order chi connectivity index (χ0) is 16.4. The zero-order valence-corrected chi connectivity index (χ0v) is 14.1. The van der Waals surface area contributed by atoms with Crippen molar-refractivity contribution in [1.29, 1.82) is 0 Å². The number of carbonyl (C=O) groups excluding carboxylic acids is 1. The fraction of sp³-hybridized carbons (Fsp3) is 0.412. The van der Waals surface area contributed by atoms with E-state index in [0.717, 1.165) is 24.5 Å². The third-order valence-corrected chi connectivity index (χ3v) is 4.54. The van der Waals surface area contributed by atoms with E-state index in [-0.39, 0.29) is 5.91 Å². The van der Waals surface area contributed by atoms with E-state index in [1.807, 2.05) is 24.3 Å². The summed E-state index contributed by atoms with van der Waals surface area (Å²) in [6, 6.07) is 7.88. The lowest BCUT2D eigenvalue weighted by Gasteiger charge is -2.19. The smallest absolute Gasteiger partial charge is 0.256 e. The van der Waals surface area contributed by atoms with E-state index in [4.69, 9.17) is 16.1 Å². The summed E-state index contributed by atoms with van der Waals surface area (Å²) in [5.41, 5.74) is 2.36. The van der Waals surface area contributed by atoms with Crippen LogP contribution in [0.2, 0.25) is 5.02 Å². The number of aromatic nitrogens is 1. The summed E-state index contributed by atoms with van der Waals surface area (Å²) in [5, 5.41) is 7.57. The molecule has 0 radical (unpaired) electrons. The van der Waals surface area contributed by atoms with E-state index >= 15 is 0 Å². The van der Waals surface area contributed by atoms with Crippen LogP contribution in [0.25, 0.3) is 0 Å². The molecule has 1 amide bonds. The van der Waals surface area contributed by atoms with E-state index in [1.165, 1.54) is 5.69 Å². The maximum absolute atomic E-state index is 12.3. The molecule has 0 spiro atoms. The molecule has 0 saturated carbocycles. The Hall–Kier alpha value is -2.01. The molecule has 122 valence electrons. The Morgan fingerprint density at radius 3 is 2.78 bits per heavy atom. The number of nitrogens with one attached hydrogen (secondary N) is 1. The summed E-state index contributed by atoms with van der Waals surface area (Å²) < 4.78 is 5.04. The highest BCUT2D eigenvalue weighted by Gasteiger charge is 2.24. The fourth-order valence-corrected chi connectivity index (χ4v) is 3.14. The number of hydrogen-bond donors (Lipinski definition) is 1. The Kier molecular flexibility index (Phi) is 4.57. The van der Waals surface area contributed by atoms with Crippen LogP contribution < -0.4 is 10.2 Å². The van der Waals surface area contributed by atoms with Gasteiger partial charge in [0.2, 0.25) is 0 Å². The Balaban J connectivity index is 1.54. The number of amides is 1. The van der Waals surface area contributed by atoms with Gasteiger partial charge in [0.05, 0.1) is 5.69 Å².